The van der Waals surface area contributed by atoms with Crippen LogP contribution in [-0.2, 0) is 18.9 Å². The number of rotatable bonds is 5. The minimum Gasteiger partial charge on any atom is -0.491 e. The smallest absolute Gasteiger partial charge is 0.261 e. The molecule has 0 radical (unpaired) electrons. The molecule has 102 valence electrons. The predicted octanol–water partition coefficient (Wildman–Crippen LogP) is 1.69. The molecule has 1 rings (SSSR count). The van der Waals surface area contributed by atoms with Gasteiger partial charge in [0.1, 0.15) is 12.4 Å². The van der Waals surface area contributed by atoms with Crippen molar-refractivity contribution in [3.05, 3.63) is 23.2 Å². The van der Waals surface area contributed by atoms with Crippen molar-refractivity contribution < 1.29 is 21.6 Å². The lowest BCUT2D eigenvalue weighted by Gasteiger charge is -2.08. The van der Waals surface area contributed by atoms with Crippen LogP contribution in [0.2, 0.25) is 5.02 Å². The van der Waals surface area contributed by atoms with Gasteiger partial charge in [0, 0.05) is 16.9 Å². The first-order valence-electron chi connectivity index (χ1n) is 4.64. The molecular weight excluding hydrogens is 323 g/mol. The third-order valence-corrected chi connectivity index (χ3v) is 4.45. The monoisotopic (exact) mass is 332 g/mol. The second-order valence-electron chi connectivity index (χ2n) is 3.51. The number of hydrogen-bond acceptors (Lipinski definition) is 5. The summed E-state index contributed by atoms with van der Waals surface area (Å²) in [5, 5.41) is 0.0465. The first kappa shape index (κ1) is 15.6. The molecule has 1 aromatic carbocycles. The molecule has 0 aliphatic rings. The molecule has 0 bridgehead atoms. The Labute approximate surface area is 115 Å². The van der Waals surface area contributed by atoms with Crippen LogP contribution in [0.25, 0.3) is 0 Å². The lowest BCUT2D eigenvalue weighted by molar-refractivity contribution is 0.341. The van der Waals surface area contributed by atoms with Gasteiger partial charge in [-0.1, -0.05) is 11.6 Å². The molecular formula is C9H10Cl2O5S2. The van der Waals surface area contributed by atoms with Crippen molar-refractivity contribution in [2.24, 2.45) is 0 Å². The fourth-order valence-corrected chi connectivity index (χ4v) is 2.52. The summed E-state index contributed by atoms with van der Waals surface area (Å²) in [6.45, 7) is -0.0640. The number of benzene rings is 1. The van der Waals surface area contributed by atoms with Crippen LogP contribution in [0.1, 0.15) is 0 Å². The Morgan fingerprint density at radius 1 is 1.22 bits per heavy atom. The molecule has 0 saturated carbocycles. The molecule has 0 unspecified atom stereocenters. The maximum absolute atomic E-state index is 11.0. The van der Waals surface area contributed by atoms with E-state index in [0.717, 1.165) is 12.3 Å². The maximum Gasteiger partial charge on any atom is 0.261 e. The second kappa shape index (κ2) is 5.64. The summed E-state index contributed by atoms with van der Waals surface area (Å²) in [5.74, 6) is 0.0446. The molecule has 0 aliphatic carbocycles. The fourth-order valence-electron chi connectivity index (χ4n) is 1.05. The molecule has 1 aromatic rings. The molecule has 0 aliphatic heterocycles. The van der Waals surface area contributed by atoms with Crippen LogP contribution in [0, 0.1) is 0 Å². The summed E-state index contributed by atoms with van der Waals surface area (Å²) in [6.07, 6.45) is 1.08. The molecule has 0 heterocycles. The Morgan fingerprint density at radius 2 is 1.83 bits per heavy atom. The van der Waals surface area contributed by atoms with E-state index in [1.807, 2.05) is 0 Å². The van der Waals surface area contributed by atoms with Crippen molar-refractivity contribution in [3.63, 3.8) is 0 Å². The minimum atomic E-state index is -3.85. The third-order valence-electron chi connectivity index (χ3n) is 1.90. The van der Waals surface area contributed by atoms with Crippen LogP contribution >= 0.6 is 22.3 Å². The van der Waals surface area contributed by atoms with Crippen molar-refractivity contribution in [1.29, 1.82) is 0 Å². The average molecular weight is 333 g/mol. The van der Waals surface area contributed by atoms with E-state index in [2.05, 4.69) is 0 Å². The summed E-state index contributed by atoms with van der Waals surface area (Å²) in [5.41, 5.74) is 0. The highest BCUT2D eigenvalue weighted by molar-refractivity contribution is 8.13. The van der Waals surface area contributed by atoms with Gasteiger partial charge in [-0.25, -0.2) is 16.8 Å². The summed E-state index contributed by atoms with van der Waals surface area (Å²) in [7, 11) is -1.83. The summed E-state index contributed by atoms with van der Waals surface area (Å²) >= 11 is 5.79. The Balaban J connectivity index is 2.81. The summed E-state index contributed by atoms with van der Waals surface area (Å²) in [6, 6.07) is 3.68. The van der Waals surface area contributed by atoms with Crippen molar-refractivity contribution in [2.45, 2.75) is 4.90 Å². The van der Waals surface area contributed by atoms with Gasteiger partial charge in [-0.3, -0.25) is 0 Å². The SMILES string of the molecule is CS(=O)(=O)CCOc1ccc(S(=O)(=O)Cl)cc1Cl. The zero-order valence-electron chi connectivity index (χ0n) is 9.26. The van der Waals surface area contributed by atoms with Crippen LogP contribution in [0.5, 0.6) is 5.75 Å². The van der Waals surface area contributed by atoms with Gasteiger partial charge in [-0.05, 0) is 18.2 Å². The van der Waals surface area contributed by atoms with E-state index in [0.29, 0.717) is 0 Å². The van der Waals surface area contributed by atoms with Gasteiger partial charge in [0.05, 0.1) is 15.7 Å². The second-order valence-corrected chi connectivity index (χ2v) is 8.74. The van der Waals surface area contributed by atoms with Crippen molar-refractivity contribution in [1.82, 2.24) is 0 Å². The molecule has 0 aromatic heterocycles. The average Bonchev–Trinajstić information content (AvgIpc) is 2.17. The molecule has 0 spiro atoms. The van der Waals surface area contributed by atoms with E-state index in [1.165, 1.54) is 12.1 Å². The summed E-state index contributed by atoms with van der Waals surface area (Å²) in [4.78, 5) is -0.148. The van der Waals surface area contributed by atoms with E-state index in [4.69, 9.17) is 27.0 Å². The maximum atomic E-state index is 11.0. The van der Waals surface area contributed by atoms with Gasteiger partial charge in [0.25, 0.3) is 9.05 Å². The lowest BCUT2D eigenvalue weighted by Crippen LogP contribution is -2.12. The predicted molar refractivity (Wildman–Crippen MR) is 69.7 cm³/mol. The molecule has 5 nitrogen and oxygen atoms in total. The van der Waals surface area contributed by atoms with Crippen molar-refractivity contribution in [3.8, 4) is 5.75 Å². The number of halogens is 2. The normalized spacial score (nSPS) is 12.4. The number of ether oxygens (including phenoxy) is 1. The van der Waals surface area contributed by atoms with E-state index < -0.39 is 18.9 Å². The zero-order valence-corrected chi connectivity index (χ0v) is 12.4. The molecule has 0 fully saturated rings. The Hall–Kier alpha value is -0.500. The first-order valence-corrected chi connectivity index (χ1v) is 9.39. The molecule has 0 N–H and O–H groups in total. The van der Waals surface area contributed by atoms with E-state index in [1.54, 1.807) is 0 Å². The standard InChI is InChI=1S/C9H10Cl2O5S2/c1-17(12,13)5-4-16-9-3-2-7(6-8(9)10)18(11,14)15/h2-3,6H,4-5H2,1H3. The van der Waals surface area contributed by atoms with Crippen molar-refractivity contribution in [2.75, 3.05) is 18.6 Å². The lowest BCUT2D eigenvalue weighted by atomic mass is 10.3. The van der Waals surface area contributed by atoms with Crippen molar-refractivity contribution >= 4 is 41.2 Å². The van der Waals surface area contributed by atoms with Gasteiger partial charge >= 0.3 is 0 Å². The van der Waals surface area contributed by atoms with Crippen LogP contribution in [-0.4, -0.2) is 35.5 Å². The van der Waals surface area contributed by atoms with Gasteiger partial charge in [0.15, 0.2) is 9.84 Å². The van der Waals surface area contributed by atoms with Crippen LogP contribution in [0.15, 0.2) is 23.1 Å². The Morgan fingerprint density at radius 3 is 2.28 bits per heavy atom. The quantitative estimate of drug-likeness (QED) is 0.767. The highest BCUT2D eigenvalue weighted by Crippen LogP contribution is 2.28. The van der Waals surface area contributed by atoms with E-state index in [9.17, 15) is 16.8 Å². The minimum absolute atomic E-state index is 0.0465. The van der Waals surface area contributed by atoms with Gasteiger partial charge in [-0.2, -0.15) is 0 Å². The van der Waals surface area contributed by atoms with E-state index >= 15 is 0 Å². The molecule has 0 saturated heterocycles. The zero-order chi connectivity index (χ0) is 14.0. The van der Waals surface area contributed by atoms with Gasteiger partial charge < -0.3 is 4.74 Å². The molecule has 9 heteroatoms. The highest BCUT2D eigenvalue weighted by atomic mass is 35.7. The first-order chi connectivity index (χ1) is 8.09. The Kier molecular flexibility index (Phi) is 4.88. The topological polar surface area (TPSA) is 77.5 Å². The number of hydrogen-bond donors (Lipinski definition) is 0. The third kappa shape index (κ3) is 5.01. The Bertz CT molecular complexity index is 637. The highest BCUT2D eigenvalue weighted by Gasteiger charge is 2.13. The summed E-state index contributed by atoms with van der Waals surface area (Å²) < 4.78 is 49.0. The molecule has 18 heavy (non-hydrogen) atoms. The van der Waals surface area contributed by atoms with Crippen LogP contribution < -0.4 is 4.74 Å². The van der Waals surface area contributed by atoms with E-state index in [-0.39, 0.29) is 28.0 Å². The fraction of sp³-hybridized carbons (Fsp3) is 0.333. The van der Waals surface area contributed by atoms with Gasteiger partial charge in [-0.15, -0.1) is 0 Å². The number of sulfone groups is 1. The van der Waals surface area contributed by atoms with Gasteiger partial charge in [0.2, 0.25) is 0 Å². The molecule has 0 amide bonds. The van der Waals surface area contributed by atoms with Crippen LogP contribution in [0.3, 0.4) is 0 Å². The largest absolute Gasteiger partial charge is 0.491 e. The molecule has 0 atom stereocenters. The van der Waals surface area contributed by atoms with Crippen LogP contribution in [0.4, 0.5) is 0 Å².